The third kappa shape index (κ3) is 11.7. The minimum atomic E-state index is -2.06. The molecule has 26 heteroatoms. The van der Waals surface area contributed by atoms with Gasteiger partial charge in [0.1, 0.15) is 31.2 Å². The van der Waals surface area contributed by atoms with E-state index in [2.05, 4.69) is 37.2 Å². The number of aliphatic hydroxyl groups is 1. The monoisotopic (exact) mass is 1130 g/mol. The smallest absolute Gasteiger partial charge is 0.343 e. The molecule has 4 aromatic rings. The topological polar surface area (TPSA) is 352 Å². The first-order valence-electron chi connectivity index (χ1n) is 26.8. The van der Waals surface area contributed by atoms with Gasteiger partial charge in [-0.2, -0.15) is 0 Å². The first kappa shape index (κ1) is 57.9. The van der Waals surface area contributed by atoms with Gasteiger partial charge in [-0.1, -0.05) is 50.1 Å². The van der Waals surface area contributed by atoms with Gasteiger partial charge >= 0.3 is 11.9 Å². The number of halogens is 1. The molecule has 2 aliphatic carbocycles. The highest BCUT2D eigenvalue weighted by atomic mass is 19.1. The summed E-state index contributed by atoms with van der Waals surface area (Å²) in [5.74, 6) is -8.55. The van der Waals surface area contributed by atoms with E-state index < -0.39 is 127 Å². The molecule has 9 rings (SSSR count). The number of carboxylic acid groups (broad SMARTS) is 1. The van der Waals surface area contributed by atoms with Gasteiger partial charge in [0.2, 0.25) is 35.4 Å². The lowest BCUT2D eigenvalue weighted by molar-refractivity contribution is -0.172. The molecule has 25 nitrogen and oxygen atoms in total. The maximum atomic E-state index is 15.6. The molecule has 5 aliphatic rings. The minimum Gasteiger partial charge on any atom is -0.480 e. The molecule has 8 amide bonds. The van der Waals surface area contributed by atoms with Crippen LogP contribution in [0.5, 0.6) is 0 Å². The number of cyclic esters (lactones) is 1. The molecular weight excluding hydrogens is 1070 g/mol. The lowest BCUT2D eigenvalue weighted by Crippen LogP contribution is -2.56. The number of imide groups is 1. The van der Waals surface area contributed by atoms with Crippen molar-refractivity contribution in [1.82, 2.24) is 51.7 Å². The number of fused-ring (bicyclic) bond motifs is 5. The normalized spacial score (nSPS) is 18.9. The van der Waals surface area contributed by atoms with Gasteiger partial charge in [0.15, 0.2) is 5.60 Å². The minimum absolute atomic E-state index is 0.0178. The van der Waals surface area contributed by atoms with Crippen LogP contribution in [0.2, 0.25) is 0 Å². The number of carbonyl (C=O) groups is 10. The van der Waals surface area contributed by atoms with Crippen molar-refractivity contribution >= 4 is 70.1 Å². The van der Waals surface area contributed by atoms with E-state index in [4.69, 9.17) is 19.6 Å². The molecule has 5 heterocycles. The highest BCUT2D eigenvalue weighted by molar-refractivity contribution is 6.15. The second kappa shape index (κ2) is 24.1. The molecule has 0 unspecified atom stereocenters. The third-order valence-corrected chi connectivity index (χ3v) is 15.8. The maximum absolute atomic E-state index is 15.6. The van der Waals surface area contributed by atoms with Crippen LogP contribution in [0.1, 0.15) is 90.4 Å². The van der Waals surface area contributed by atoms with Crippen molar-refractivity contribution in [3.05, 3.63) is 110 Å². The Morgan fingerprint density at radius 1 is 0.866 bits per heavy atom. The molecule has 0 saturated heterocycles. The highest BCUT2D eigenvalue weighted by Crippen LogP contribution is 2.47. The van der Waals surface area contributed by atoms with Gasteiger partial charge in [-0.05, 0) is 67.3 Å². The van der Waals surface area contributed by atoms with E-state index in [0.29, 0.717) is 75.1 Å². The Balaban J connectivity index is 0.797. The van der Waals surface area contributed by atoms with Gasteiger partial charge in [0, 0.05) is 47.7 Å². The first-order valence-corrected chi connectivity index (χ1v) is 26.8. The molecule has 4 atom stereocenters. The summed E-state index contributed by atoms with van der Waals surface area (Å²) in [7, 11) is 0. The third-order valence-electron chi connectivity index (χ3n) is 15.8. The van der Waals surface area contributed by atoms with Crippen LogP contribution in [0.15, 0.2) is 59.4 Å². The van der Waals surface area contributed by atoms with Crippen molar-refractivity contribution in [2.45, 2.75) is 102 Å². The predicted octanol–water partition coefficient (Wildman–Crippen LogP) is -0.675. The predicted molar refractivity (Wildman–Crippen MR) is 285 cm³/mol. The van der Waals surface area contributed by atoms with E-state index in [1.54, 1.807) is 50.2 Å². The van der Waals surface area contributed by atoms with Crippen molar-refractivity contribution in [3.8, 4) is 11.4 Å². The van der Waals surface area contributed by atoms with Crippen LogP contribution in [-0.4, -0.2) is 142 Å². The lowest BCUT2D eigenvalue weighted by Gasteiger charge is -2.34. The van der Waals surface area contributed by atoms with Crippen LogP contribution in [0.4, 0.5) is 4.39 Å². The van der Waals surface area contributed by atoms with Gasteiger partial charge in [0.05, 0.1) is 73.3 Å². The first-order chi connectivity index (χ1) is 39.2. The molecule has 2 aromatic carbocycles. The maximum Gasteiger partial charge on any atom is 0.343 e. The molecule has 82 heavy (non-hydrogen) atoms. The van der Waals surface area contributed by atoms with E-state index in [1.165, 1.54) is 10.6 Å². The summed E-state index contributed by atoms with van der Waals surface area (Å²) in [6, 6.07) is 8.22. The summed E-state index contributed by atoms with van der Waals surface area (Å²) in [5.41, 5.74) is 0.994. The number of esters is 1. The molecule has 0 bridgehead atoms. The summed E-state index contributed by atoms with van der Waals surface area (Å²) < 4.78 is 28.3. The van der Waals surface area contributed by atoms with Crippen molar-refractivity contribution in [2.24, 2.45) is 5.41 Å². The number of aryl methyl sites for hydroxylation is 1. The number of aromatic nitrogens is 2. The summed E-state index contributed by atoms with van der Waals surface area (Å²) in [6.07, 6.45) is 5.02. The number of nitrogens with one attached hydrogen (secondary N) is 7. The summed E-state index contributed by atoms with van der Waals surface area (Å²) in [6.45, 7) is -0.278. The molecule has 1 fully saturated rings. The Labute approximate surface area is 467 Å². The zero-order valence-corrected chi connectivity index (χ0v) is 44.9. The number of rotatable bonds is 23. The number of carbonyl (C=O) groups excluding carboxylic acids is 9. The van der Waals surface area contributed by atoms with Crippen LogP contribution in [0.3, 0.4) is 0 Å². The van der Waals surface area contributed by atoms with Crippen LogP contribution >= 0.6 is 0 Å². The molecule has 0 spiro atoms. The van der Waals surface area contributed by atoms with E-state index in [1.807, 2.05) is 0 Å². The van der Waals surface area contributed by atoms with Gasteiger partial charge in [0.25, 0.3) is 17.4 Å². The van der Waals surface area contributed by atoms with Gasteiger partial charge in [-0.25, -0.2) is 14.2 Å². The Kier molecular flexibility index (Phi) is 17.1. The molecule has 2 aromatic heterocycles. The van der Waals surface area contributed by atoms with Crippen LogP contribution in [0.25, 0.3) is 22.3 Å². The average Bonchev–Trinajstić information content (AvgIpc) is 4.28. The van der Waals surface area contributed by atoms with Crippen LogP contribution in [-0.2, 0) is 89.0 Å². The van der Waals surface area contributed by atoms with Crippen molar-refractivity contribution in [2.75, 3.05) is 46.1 Å². The fraction of sp³-hybridized carbons (Fsp3) is 0.429. The fourth-order valence-corrected chi connectivity index (χ4v) is 11.4. The summed E-state index contributed by atoms with van der Waals surface area (Å²) in [5, 5.41) is 39.0. The Bertz CT molecular complexity index is 3400. The Hall–Kier alpha value is -8.75. The van der Waals surface area contributed by atoms with E-state index >= 15 is 4.39 Å². The van der Waals surface area contributed by atoms with Crippen LogP contribution < -0.4 is 42.8 Å². The number of pyridine rings is 2. The number of ether oxygens (including phenoxy) is 2. The zero-order chi connectivity index (χ0) is 58.6. The summed E-state index contributed by atoms with van der Waals surface area (Å²) >= 11 is 0. The number of amides is 8. The Morgan fingerprint density at radius 2 is 1.55 bits per heavy atom. The largest absolute Gasteiger partial charge is 0.480 e. The second-order valence-corrected chi connectivity index (χ2v) is 20.9. The van der Waals surface area contributed by atoms with Gasteiger partial charge in [-0.3, -0.25) is 52.8 Å². The summed E-state index contributed by atoms with van der Waals surface area (Å²) in [4.78, 5) is 148. The highest BCUT2D eigenvalue weighted by Gasteiger charge is 2.47. The second-order valence-electron chi connectivity index (χ2n) is 20.9. The number of benzene rings is 2. The van der Waals surface area contributed by atoms with Gasteiger partial charge < -0.3 is 61.5 Å². The molecular formula is C56H61FN10O15. The quantitative estimate of drug-likeness (QED) is 0.0169. The lowest BCUT2D eigenvalue weighted by atomic mass is 9.80. The molecule has 9 N–H and O–H groups in total. The number of hydrogen-bond acceptors (Lipinski definition) is 16. The number of hydrogen-bond donors (Lipinski definition) is 9. The zero-order valence-electron chi connectivity index (χ0n) is 44.9. The van der Waals surface area contributed by atoms with E-state index in [9.17, 15) is 57.8 Å². The van der Waals surface area contributed by atoms with Crippen molar-refractivity contribution < 1.29 is 72.0 Å². The molecule has 3 aliphatic heterocycles. The fourth-order valence-electron chi connectivity index (χ4n) is 11.4. The average molecular weight is 1130 g/mol. The van der Waals surface area contributed by atoms with E-state index in [-0.39, 0.29) is 56.4 Å². The standard InChI is InChI=1S/C56H61FN10O15/c1-3-56(80)34-18-39-49-32(25-66(39)52(77)33(34)26-82-54(56)79)48-36(12-11-31-29(2)35(57)19-37(64-49)47(31)48)65-53(78)55(15-7-8-16-55)27-81-28-62-42(69)22-60-50(75)38(17-30-9-5-4-6-10-30)63-43(70)23-59-41(68)21-61-51(76)40(20-58-24-46(73)74)67-44(71)13-14-45(67)72/h4-6,9-10,13-14,18-19,36,38,40,58,80H,3,7-8,11-12,15-17,20-28H2,1-2H3,(H,59,68)(H,60,75)(H,61,76)(H,62,69)(H,63,70)(H,65,78)(H,73,74)/t36-,38-,40-,56-/m0/s1. The molecule has 432 valence electrons. The van der Waals surface area contributed by atoms with Crippen molar-refractivity contribution in [3.63, 3.8) is 0 Å². The van der Waals surface area contributed by atoms with Crippen LogP contribution in [0, 0.1) is 18.2 Å². The van der Waals surface area contributed by atoms with Crippen molar-refractivity contribution in [1.29, 1.82) is 0 Å². The SMILES string of the molecule is CC[C@@]1(O)C(=O)OCc2c1cc1n(c2=O)Cc2c-1nc1cc(F)c(C)c3c1c2[C@@H](NC(=O)C1(COCNC(=O)CNC(=O)[C@H](Cc2ccccc2)NC(=O)CNC(=O)CNC(=O)[C@H](CNCC(=O)O)N2C(=O)C=CC2=O)CCCC1)CC3. The molecule has 1 saturated carbocycles. The number of carboxylic acids is 1. The van der Waals surface area contributed by atoms with E-state index in [0.717, 1.165) is 30.6 Å². The number of aliphatic carboxylic acids is 1. The number of nitrogens with zero attached hydrogens (tertiary/aromatic N) is 3. The molecule has 0 radical (unpaired) electrons. The Morgan fingerprint density at radius 3 is 2.24 bits per heavy atom. The van der Waals surface area contributed by atoms with Gasteiger partial charge in [-0.15, -0.1) is 0 Å².